The van der Waals surface area contributed by atoms with E-state index in [2.05, 4.69) is 0 Å². The number of nitrogens with zero attached hydrogens (tertiary/aromatic N) is 1. The van der Waals surface area contributed by atoms with Crippen LogP contribution in [0.25, 0.3) is 0 Å². The minimum atomic E-state index is -0.00489. The van der Waals surface area contributed by atoms with E-state index in [0.29, 0.717) is 31.9 Å². The maximum absolute atomic E-state index is 12.4. The van der Waals surface area contributed by atoms with E-state index in [9.17, 15) is 4.79 Å². The highest BCUT2D eigenvalue weighted by atomic mass is 16.5. The first kappa shape index (κ1) is 17.0. The molecule has 0 heterocycles. The van der Waals surface area contributed by atoms with Gasteiger partial charge in [0, 0.05) is 25.8 Å². The highest BCUT2D eigenvalue weighted by Gasteiger charge is 2.12. The molecule has 0 aromatic heterocycles. The number of benzene rings is 2. The minimum absolute atomic E-state index is 0.00489. The quantitative estimate of drug-likeness (QED) is 0.701. The van der Waals surface area contributed by atoms with E-state index in [1.54, 1.807) is 17.0 Å². The second kappa shape index (κ2) is 8.96. The van der Waals surface area contributed by atoms with Gasteiger partial charge in [0.05, 0.1) is 6.61 Å². The Morgan fingerprint density at radius 2 is 1.70 bits per heavy atom. The first-order valence-electron chi connectivity index (χ1n) is 7.80. The summed E-state index contributed by atoms with van der Waals surface area (Å²) in [6, 6.07) is 17.2. The fraction of sp³-hybridized carbons (Fsp3) is 0.316. The zero-order valence-corrected chi connectivity index (χ0v) is 13.7. The van der Waals surface area contributed by atoms with E-state index < -0.39 is 0 Å². The Morgan fingerprint density at radius 1 is 1.00 bits per heavy atom. The monoisotopic (exact) mass is 313 g/mol. The Labute approximate surface area is 137 Å². The van der Waals surface area contributed by atoms with Gasteiger partial charge in [0.15, 0.2) is 0 Å². The van der Waals surface area contributed by atoms with Crippen LogP contribution in [0.15, 0.2) is 54.6 Å². The van der Waals surface area contributed by atoms with Crippen molar-refractivity contribution in [2.24, 2.45) is 0 Å². The molecular formula is C19H23NO3. The van der Waals surface area contributed by atoms with Crippen molar-refractivity contribution in [3.05, 3.63) is 65.7 Å². The normalized spacial score (nSPS) is 10.3. The van der Waals surface area contributed by atoms with Gasteiger partial charge in [0.25, 0.3) is 5.91 Å². The number of hydrogen-bond acceptors (Lipinski definition) is 3. The van der Waals surface area contributed by atoms with Gasteiger partial charge in [0.1, 0.15) is 12.4 Å². The summed E-state index contributed by atoms with van der Waals surface area (Å²) in [5.41, 5.74) is 1.76. The Bertz CT molecular complexity index is 596. The third-order valence-corrected chi connectivity index (χ3v) is 3.41. The highest BCUT2D eigenvalue weighted by Crippen LogP contribution is 2.14. The molecule has 0 fully saturated rings. The number of rotatable bonds is 8. The van der Waals surface area contributed by atoms with Crippen LogP contribution in [0.1, 0.15) is 22.8 Å². The van der Waals surface area contributed by atoms with Gasteiger partial charge in [-0.05, 0) is 36.8 Å². The molecule has 0 atom stereocenters. The topological polar surface area (TPSA) is 38.8 Å². The van der Waals surface area contributed by atoms with Crippen molar-refractivity contribution in [2.75, 3.05) is 26.9 Å². The van der Waals surface area contributed by atoms with Crippen LogP contribution in [0.5, 0.6) is 5.75 Å². The molecule has 2 rings (SSSR count). The zero-order valence-electron chi connectivity index (χ0n) is 13.7. The molecule has 0 spiro atoms. The van der Waals surface area contributed by atoms with Crippen LogP contribution in [0.4, 0.5) is 0 Å². The summed E-state index contributed by atoms with van der Waals surface area (Å²) in [5, 5.41) is 0. The van der Waals surface area contributed by atoms with Crippen LogP contribution in [-0.2, 0) is 11.3 Å². The summed E-state index contributed by atoms with van der Waals surface area (Å²) >= 11 is 0. The first-order chi connectivity index (χ1) is 11.2. The maximum atomic E-state index is 12.4. The Kier molecular flexibility index (Phi) is 6.63. The van der Waals surface area contributed by atoms with Crippen LogP contribution in [0, 0.1) is 0 Å². The van der Waals surface area contributed by atoms with Crippen LogP contribution < -0.4 is 4.74 Å². The SMILES string of the molecule is CCOCCOc1ccc(C(=O)N(C)Cc2ccccc2)cc1. The third kappa shape index (κ3) is 5.42. The van der Waals surface area contributed by atoms with Gasteiger partial charge in [-0.3, -0.25) is 4.79 Å². The predicted molar refractivity (Wildman–Crippen MR) is 90.7 cm³/mol. The minimum Gasteiger partial charge on any atom is -0.491 e. The second-order valence-corrected chi connectivity index (χ2v) is 5.22. The second-order valence-electron chi connectivity index (χ2n) is 5.22. The average Bonchev–Trinajstić information content (AvgIpc) is 2.59. The maximum Gasteiger partial charge on any atom is 0.253 e. The molecule has 0 bridgehead atoms. The van der Waals surface area contributed by atoms with E-state index in [4.69, 9.17) is 9.47 Å². The molecule has 23 heavy (non-hydrogen) atoms. The molecule has 0 saturated carbocycles. The molecule has 4 heteroatoms. The lowest BCUT2D eigenvalue weighted by molar-refractivity contribution is 0.0785. The van der Waals surface area contributed by atoms with Crippen LogP contribution >= 0.6 is 0 Å². The summed E-state index contributed by atoms with van der Waals surface area (Å²) in [6.45, 7) is 4.30. The number of amides is 1. The van der Waals surface area contributed by atoms with Gasteiger partial charge in [-0.1, -0.05) is 30.3 Å². The molecule has 0 saturated heterocycles. The number of carbonyl (C=O) groups excluding carboxylic acids is 1. The molecule has 0 radical (unpaired) electrons. The molecular weight excluding hydrogens is 290 g/mol. The molecule has 0 aliphatic heterocycles. The summed E-state index contributed by atoms with van der Waals surface area (Å²) in [4.78, 5) is 14.1. The fourth-order valence-electron chi connectivity index (χ4n) is 2.21. The molecule has 4 nitrogen and oxygen atoms in total. The molecule has 0 unspecified atom stereocenters. The molecule has 2 aromatic carbocycles. The van der Waals surface area contributed by atoms with E-state index >= 15 is 0 Å². The summed E-state index contributed by atoms with van der Waals surface area (Å²) < 4.78 is 10.8. The Hall–Kier alpha value is -2.33. The predicted octanol–water partition coefficient (Wildman–Crippen LogP) is 3.37. The number of carbonyl (C=O) groups is 1. The highest BCUT2D eigenvalue weighted by molar-refractivity contribution is 5.94. The van der Waals surface area contributed by atoms with Gasteiger partial charge < -0.3 is 14.4 Å². The molecule has 122 valence electrons. The van der Waals surface area contributed by atoms with Crippen molar-refractivity contribution >= 4 is 5.91 Å². The lowest BCUT2D eigenvalue weighted by atomic mass is 10.1. The van der Waals surface area contributed by atoms with E-state index in [1.807, 2.05) is 56.4 Å². The lowest BCUT2D eigenvalue weighted by Crippen LogP contribution is -2.26. The van der Waals surface area contributed by atoms with Crippen LogP contribution in [-0.4, -0.2) is 37.7 Å². The first-order valence-corrected chi connectivity index (χ1v) is 7.80. The molecule has 1 amide bonds. The van der Waals surface area contributed by atoms with Crippen molar-refractivity contribution in [2.45, 2.75) is 13.5 Å². The van der Waals surface area contributed by atoms with Crippen molar-refractivity contribution in [3.63, 3.8) is 0 Å². The Balaban J connectivity index is 1.89. The van der Waals surface area contributed by atoms with Crippen molar-refractivity contribution in [1.82, 2.24) is 4.90 Å². The Morgan fingerprint density at radius 3 is 2.35 bits per heavy atom. The largest absolute Gasteiger partial charge is 0.491 e. The number of ether oxygens (including phenoxy) is 2. The summed E-state index contributed by atoms with van der Waals surface area (Å²) in [6.07, 6.45) is 0. The molecule has 0 aliphatic rings. The molecule has 0 aliphatic carbocycles. The standard InChI is InChI=1S/C19H23NO3/c1-3-22-13-14-23-18-11-9-17(10-12-18)19(21)20(2)15-16-7-5-4-6-8-16/h4-12H,3,13-15H2,1-2H3. The average molecular weight is 313 g/mol. The lowest BCUT2D eigenvalue weighted by Gasteiger charge is -2.17. The summed E-state index contributed by atoms with van der Waals surface area (Å²) in [5.74, 6) is 0.738. The van der Waals surface area contributed by atoms with Gasteiger partial charge in [-0.2, -0.15) is 0 Å². The smallest absolute Gasteiger partial charge is 0.253 e. The zero-order chi connectivity index (χ0) is 16.5. The van der Waals surface area contributed by atoms with Crippen molar-refractivity contribution in [3.8, 4) is 5.75 Å². The fourth-order valence-corrected chi connectivity index (χ4v) is 2.21. The summed E-state index contributed by atoms with van der Waals surface area (Å²) in [7, 11) is 1.81. The van der Waals surface area contributed by atoms with Gasteiger partial charge >= 0.3 is 0 Å². The van der Waals surface area contributed by atoms with Crippen molar-refractivity contribution < 1.29 is 14.3 Å². The van der Waals surface area contributed by atoms with Gasteiger partial charge in [0.2, 0.25) is 0 Å². The molecule has 0 N–H and O–H groups in total. The van der Waals surface area contributed by atoms with Crippen molar-refractivity contribution in [1.29, 1.82) is 0 Å². The van der Waals surface area contributed by atoms with Crippen LogP contribution in [0.2, 0.25) is 0 Å². The molecule has 2 aromatic rings. The number of hydrogen-bond donors (Lipinski definition) is 0. The van der Waals surface area contributed by atoms with Gasteiger partial charge in [-0.25, -0.2) is 0 Å². The van der Waals surface area contributed by atoms with E-state index in [1.165, 1.54) is 0 Å². The van der Waals surface area contributed by atoms with Gasteiger partial charge in [-0.15, -0.1) is 0 Å². The van der Waals surface area contributed by atoms with E-state index in [-0.39, 0.29) is 5.91 Å². The van der Waals surface area contributed by atoms with Crippen LogP contribution in [0.3, 0.4) is 0 Å². The van der Waals surface area contributed by atoms with E-state index in [0.717, 1.165) is 11.3 Å². The third-order valence-electron chi connectivity index (χ3n) is 3.41.